The molecule has 0 radical (unpaired) electrons. The van der Waals surface area contributed by atoms with Crippen LogP contribution in [0.2, 0.25) is 10.0 Å². The maximum atomic E-state index is 13.2. The van der Waals surface area contributed by atoms with Gasteiger partial charge in [0.15, 0.2) is 18.9 Å². The topological polar surface area (TPSA) is 82.7 Å². The number of aliphatic imine (C=N–C) groups is 1. The van der Waals surface area contributed by atoms with Crippen LogP contribution >= 0.6 is 40.2 Å². The number of pyridine rings is 1. The Balaban J connectivity index is 0.00000341. The average molecular weight is 550 g/mol. The van der Waals surface area contributed by atoms with E-state index < -0.39 is 21.0 Å². The SMILES string of the molecule is Br.O=S(=O)(F)c1cccc(C[n+]2cccc(N=C([O-])COc3ccc(Cl)c(Cl)c3)c2)c1. The summed E-state index contributed by atoms with van der Waals surface area (Å²) in [6.07, 6.45) is 3.32. The van der Waals surface area contributed by atoms with E-state index in [1.807, 2.05) is 0 Å². The Morgan fingerprint density at radius 1 is 1.10 bits per heavy atom. The minimum Gasteiger partial charge on any atom is -0.859 e. The lowest BCUT2D eigenvalue weighted by atomic mass is 10.2. The number of halogens is 4. The molecule has 0 aliphatic carbocycles. The van der Waals surface area contributed by atoms with Crippen LogP contribution in [-0.2, 0) is 16.8 Å². The number of rotatable bonds is 7. The van der Waals surface area contributed by atoms with Gasteiger partial charge in [0.2, 0.25) is 0 Å². The van der Waals surface area contributed by atoms with Crippen LogP contribution in [0.5, 0.6) is 5.75 Å². The third kappa shape index (κ3) is 7.46. The molecule has 0 saturated carbocycles. The fourth-order valence-corrected chi connectivity index (χ4v) is 3.39. The summed E-state index contributed by atoms with van der Waals surface area (Å²) in [4.78, 5) is 3.57. The van der Waals surface area contributed by atoms with Gasteiger partial charge in [-0.05, 0) is 30.3 Å². The zero-order chi connectivity index (χ0) is 21.7. The molecule has 0 fully saturated rings. The van der Waals surface area contributed by atoms with Crippen LogP contribution < -0.4 is 14.4 Å². The highest BCUT2D eigenvalue weighted by atomic mass is 79.9. The molecule has 0 atom stereocenters. The summed E-state index contributed by atoms with van der Waals surface area (Å²) < 4.78 is 42.3. The summed E-state index contributed by atoms with van der Waals surface area (Å²) in [5.41, 5.74) is 0.958. The quantitative estimate of drug-likeness (QED) is 0.193. The molecule has 3 aromatic rings. The van der Waals surface area contributed by atoms with Crippen molar-refractivity contribution in [2.45, 2.75) is 11.4 Å². The first-order chi connectivity index (χ1) is 14.2. The Hall–Kier alpha value is -2.20. The normalized spacial score (nSPS) is 11.6. The Kier molecular flexibility index (Phi) is 8.81. The second-order valence-electron chi connectivity index (χ2n) is 6.19. The van der Waals surface area contributed by atoms with Gasteiger partial charge < -0.3 is 9.84 Å². The summed E-state index contributed by atoms with van der Waals surface area (Å²) in [6.45, 7) is -0.0239. The Bertz CT molecular complexity index is 1210. The zero-order valence-electron chi connectivity index (χ0n) is 15.7. The van der Waals surface area contributed by atoms with Crippen LogP contribution in [0.25, 0.3) is 0 Å². The molecule has 0 aliphatic rings. The second kappa shape index (κ2) is 10.9. The van der Waals surface area contributed by atoms with Gasteiger partial charge in [0.05, 0.1) is 14.9 Å². The predicted molar refractivity (Wildman–Crippen MR) is 120 cm³/mol. The largest absolute Gasteiger partial charge is 0.859 e. The van der Waals surface area contributed by atoms with Crippen molar-refractivity contribution in [3.8, 4) is 5.75 Å². The Morgan fingerprint density at radius 2 is 1.87 bits per heavy atom. The molecule has 6 nitrogen and oxygen atoms in total. The van der Waals surface area contributed by atoms with Gasteiger partial charge in [0.1, 0.15) is 18.0 Å². The molecule has 0 saturated heterocycles. The van der Waals surface area contributed by atoms with Crippen molar-refractivity contribution >= 4 is 62.0 Å². The average Bonchev–Trinajstić information content (AvgIpc) is 2.69. The standard InChI is InChI=1S/C20H15Cl2FN2O4S.BrH/c21-18-7-6-16(10-19(18)22)29-13-20(26)24-15-4-2-8-25(12-15)11-14-3-1-5-17(9-14)30(23,27)28;/h1-10,12H,11,13H2;1H. The lowest BCUT2D eigenvalue weighted by Gasteiger charge is -2.12. The fraction of sp³-hybridized carbons (Fsp3) is 0.100. The molecular formula is C20H16BrCl2FN2O4S. The highest BCUT2D eigenvalue weighted by Gasteiger charge is 2.13. The van der Waals surface area contributed by atoms with Gasteiger partial charge >= 0.3 is 10.2 Å². The van der Waals surface area contributed by atoms with Gasteiger partial charge in [-0.25, -0.2) is 0 Å². The van der Waals surface area contributed by atoms with Crippen molar-refractivity contribution in [1.82, 2.24) is 0 Å². The molecular weight excluding hydrogens is 534 g/mol. The van der Waals surface area contributed by atoms with Crippen LogP contribution in [0.3, 0.4) is 0 Å². The first-order valence-corrected chi connectivity index (χ1v) is 10.7. The summed E-state index contributed by atoms with van der Waals surface area (Å²) in [6, 6.07) is 13.5. The number of ether oxygens (including phenoxy) is 1. The van der Waals surface area contributed by atoms with Crippen molar-refractivity contribution in [3.05, 3.63) is 82.6 Å². The molecule has 31 heavy (non-hydrogen) atoms. The minimum atomic E-state index is -4.78. The van der Waals surface area contributed by atoms with Crippen molar-refractivity contribution in [2.75, 3.05) is 6.61 Å². The lowest BCUT2D eigenvalue weighted by Crippen LogP contribution is -2.33. The summed E-state index contributed by atoms with van der Waals surface area (Å²) in [5, 5.41) is 12.8. The minimum absolute atomic E-state index is 0. The molecule has 164 valence electrons. The van der Waals surface area contributed by atoms with Crippen LogP contribution in [0, 0.1) is 0 Å². The summed E-state index contributed by atoms with van der Waals surface area (Å²) >= 11 is 11.7. The molecule has 3 rings (SSSR count). The number of aromatic nitrogens is 1. The van der Waals surface area contributed by atoms with Crippen molar-refractivity contribution in [3.63, 3.8) is 0 Å². The molecule has 1 heterocycles. The monoisotopic (exact) mass is 548 g/mol. The second-order valence-corrected chi connectivity index (χ2v) is 8.35. The number of hydrogen-bond acceptors (Lipinski definition) is 5. The van der Waals surface area contributed by atoms with Crippen molar-refractivity contribution < 1.29 is 26.7 Å². The van der Waals surface area contributed by atoms with Gasteiger partial charge in [-0.2, -0.15) is 13.0 Å². The highest BCUT2D eigenvalue weighted by molar-refractivity contribution is 8.93. The first kappa shape index (κ1) is 25.1. The van der Waals surface area contributed by atoms with E-state index in [4.69, 9.17) is 27.9 Å². The first-order valence-electron chi connectivity index (χ1n) is 8.56. The summed E-state index contributed by atoms with van der Waals surface area (Å²) in [7, 11) is -4.78. The van der Waals surface area contributed by atoms with Crippen molar-refractivity contribution in [1.29, 1.82) is 0 Å². The van der Waals surface area contributed by atoms with E-state index in [2.05, 4.69) is 4.99 Å². The van der Waals surface area contributed by atoms with E-state index in [1.165, 1.54) is 24.3 Å². The predicted octanol–water partition coefficient (Wildman–Crippen LogP) is 4.03. The van der Waals surface area contributed by atoms with Gasteiger partial charge in [-0.3, -0.25) is 4.99 Å². The van der Waals surface area contributed by atoms with Crippen LogP contribution in [0.1, 0.15) is 5.56 Å². The molecule has 11 heteroatoms. The van der Waals surface area contributed by atoms with Crippen LogP contribution in [0.4, 0.5) is 9.57 Å². The van der Waals surface area contributed by atoms with Crippen molar-refractivity contribution in [2.24, 2.45) is 4.99 Å². The Morgan fingerprint density at radius 3 is 2.58 bits per heavy atom. The van der Waals surface area contributed by atoms with E-state index in [-0.39, 0.29) is 30.1 Å². The Labute approximate surface area is 199 Å². The van der Waals surface area contributed by atoms with Crippen LogP contribution in [-0.4, -0.2) is 20.9 Å². The molecule has 0 N–H and O–H groups in total. The number of nitrogens with zero attached hydrogens (tertiary/aromatic N) is 2. The molecule has 1 aromatic heterocycles. The molecule has 0 bridgehead atoms. The third-order valence-corrected chi connectivity index (χ3v) is 5.45. The number of benzene rings is 2. The zero-order valence-corrected chi connectivity index (χ0v) is 19.8. The molecule has 0 spiro atoms. The smallest absolute Gasteiger partial charge is 0.332 e. The lowest BCUT2D eigenvalue weighted by molar-refractivity contribution is -0.687. The highest BCUT2D eigenvalue weighted by Crippen LogP contribution is 2.26. The van der Waals surface area contributed by atoms with Gasteiger partial charge in [0, 0.05) is 23.6 Å². The third-order valence-electron chi connectivity index (χ3n) is 3.89. The van der Waals surface area contributed by atoms with E-state index in [0.717, 1.165) is 0 Å². The summed E-state index contributed by atoms with van der Waals surface area (Å²) in [5.74, 6) is -0.122. The van der Waals surface area contributed by atoms with E-state index >= 15 is 0 Å². The fourth-order valence-electron chi connectivity index (χ4n) is 2.57. The van der Waals surface area contributed by atoms with Gasteiger partial charge in [-0.15, -0.1) is 20.9 Å². The van der Waals surface area contributed by atoms with E-state index in [1.54, 1.807) is 47.3 Å². The van der Waals surface area contributed by atoms with E-state index in [0.29, 0.717) is 27.0 Å². The molecule has 0 aliphatic heterocycles. The van der Waals surface area contributed by atoms with E-state index in [9.17, 15) is 17.4 Å². The maximum absolute atomic E-state index is 13.2. The molecule has 2 aromatic carbocycles. The maximum Gasteiger partial charge on any atom is 0.332 e. The van der Waals surface area contributed by atoms with Gasteiger partial charge in [-0.1, -0.05) is 35.3 Å². The number of hydrogen-bond donors (Lipinski definition) is 0. The van der Waals surface area contributed by atoms with Crippen LogP contribution in [0.15, 0.2) is 76.9 Å². The molecule has 0 amide bonds. The molecule has 0 unspecified atom stereocenters. The van der Waals surface area contributed by atoms with Gasteiger partial charge in [0.25, 0.3) is 0 Å².